The molecule has 0 aliphatic carbocycles. The van der Waals surface area contributed by atoms with Crippen molar-refractivity contribution >= 4 is 38.7 Å². The fraction of sp³-hybridized carbons (Fsp3) is 0.278. The number of nitrogens with zero attached hydrogens (tertiary/aromatic N) is 1. The van der Waals surface area contributed by atoms with Gasteiger partial charge in [0.15, 0.2) is 0 Å². The Labute approximate surface area is 148 Å². The Kier molecular flexibility index (Phi) is 4.99. The number of carbonyl (C=O) groups is 1. The zero-order valence-electron chi connectivity index (χ0n) is 13.8. The maximum absolute atomic E-state index is 14.0. The quantitative estimate of drug-likeness (QED) is 0.728. The first-order valence-corrected chi connectivity index (χ1v) is 9.39. The molecule has 1 unspecified atom stereocenters. The van der Waals surface area contributed by atoms with Gasteiger partial charge in [0, 0.05) is 16.6 Å². The fourth-order valence-corrected chi connectivity index (χ4v) is 4.65. The summed E-state index contributed by atoms with van der Waals surface area (Å²) in [6.45, 7) is 2.32. The van der Waals surface area contributed by atoms with Crippen LogP contribution in [0.4, 0.5) is 4.39 Å². The van der Waals surface area contributed by atoms with Crippen LogP contribution < -0.4 is 5.32 Å². The molecule has 0 aliphatic rings. The van der Waals surface area contributed by atoms with Crippen LogP contribution in [0.1, 0.15) is 26.8 Å². The minimum Gasteiger partial charge on any atom is -0.349 e. The van der Waals surface area contributed by atoms with Crippen molar-refractivity contribution in [2.45, 2.75) is 13.0 Å². The second kappa shape index (κ2) is 7.01. The van der Waals surface area contributed by atoms with Crippen LogP contribution in [0.25, 0.3) is 10.1 Å². The molecular weight excluding hydrogens is 343 g/mol. The molecule has 1 N–H and O–H groups in total. The topological polar surface area (TPSA) is 32.3 Å². The lowest BCUT2D eigenvalue weighted by atomic mass is 10.1. The number of thiophene rings is 2. The number of aryl methyl sites for hydroxylation is 1. The number of carbonyl (C=O) groups excluding carboxylic acids is 1. The van der Waals surface area contributed by atoms with Crippen molar-refractivity contribution < 1.29 is 9.18 Å². The maximum atomic E-state index is 14.0. The van der Waals surface area contributed by atoms with Crippen molar-refractivity contribution in [3.8, 4) is 0 Å². The smallest absolute Gasteiger partial charge is 0.261 e. The average Bonchev–Trinajstić information content (AvgIpc) is 3.16. The van der Waals surface area contributed by atoms with Gasteiger partial charge in [-0.25, -0.2) is 4.39 Å². The molecule has 0 saturated heterocycles. The second-order valence-electron chi connectivity index (χ2n) is 5.92. The first-order chi connectivity index (χ1) is 11.5. The van der Waals surface area contributed by atoms with Crippen molar-refractivity contribution in [1.29, 1.82) is 0 Å². The number of nitrogens with one attached hydrogen (secondary N) is 1. The number of hydrogen-bond donors (Lipinski definition) is 1. The number of amides is 1. The van der Waals surface area contributed by atoms with Crippen LogP contribution in [0.5, 0.6) is 0 Å². The molecule has 0 saturated carbocycles. The lowest BCUT2D eigenvalue weighted by molar-refractivity contribution is 0.0945. The molecule has 1 atom stereocenters. The maximum Gasteiger partial charge on any atom is 0.261 e. The Morgan fingerprint density at radius 1 is 1.33 bits per heavy atom. The standard InChI is InChI=1S/C18H19FN2OS2/c1-11-16-13(19)5-4-6-15(16)24-17(11)18(22)20-9-14(21(2)3)12-7-8-23-10-12/h4-8,10,14H,9H2,1-3H3,(H,20,22). The third-order valence-electron chi connectivity index (χ3n) is 4.12. The van der Waals surface area contributed by atoms with Gasteiger partial charge in [-0.2, -0.15) is 11.3 Å². The molecule has 2 aromatic heterocycles. The van der Waals surface area contributed by atoms with E-state index in [-0.39, 0.29) is 17.8 Å². The lowest BCUT2D eigenvalue weighted by Gasteiger charge is -2.23. The van der Waals surface area contributed by atoms with Crippen LogP contribution in [0.15, 0.2) is 35.0 Å². The van der Waals surface area contributed by atoms with E-state index < -0.39 is 0 Å². The predicted octanol–water partition coefficient (Wildman–Crippen LogP) is 4.44. The molecule has 1 amide bonds. The van der Waals surface area contributed by atoms with Crippen LogP contribution in [0, 0.1) is 12.7 Å². The van der Waals surface area contributed by atoms with Crippen molar-refractivity contribution in [3.63, 3.8) is 0 Å². The molecule has 0 fully saturated rings. The van der Waals surface area contributed by atoms with E-state index in [0.717, 1.165) is 4.70 Å². The third-order valence-corrected chi connectivity index (χ3v) is 6.07. The van der Waals surface area contributed by atoms with E-state index in [2.05, 4.69) is 21.7 Å². The van der Waals surface area contributed by atoms with Crippen molar-refractivity contribution in [3.05, 3.63) is 56.8 Å². The Bertz CT molecular complexity index is 855. The summed E-state index contributed by atoms with van der Waals surface area (Å²) < 4.78 is 14.8. The molecule has 0 spiro atoms. The Balaban J connectivity index is 1.80. The van der Waals surface area contributed by atoms with Crippen molar-refractivity contribution in [2.75, 3.05) is 20.6 Å². The summed E-state index contributed by atoms with van der Waals surface area (Å²) in [5.74, 6) is -0.417. The van der Waals surface area contributed by atoms with E-state index in [0.29, 0.717) is 22.4 Å². The molecule has 0 radical (unpaired) electrons. The molecular formula is C18H19FN2OS2. The van der Waals surface area contributed by atoms with Gasteiger partial charge in [-0.1, -0.05) is 6.07 Å². The van der Waals surface area contributed by atoms with Gasteiger partial charge in [0.1, 0.15) is 5.82 Å². The zero-order chi connectivity index (χ0) is 17.3. The summed E-state index contributed by atoms with van der Waals surface area (Å²) in [6, 6.07) is 7.14. The minimum absolute atomic E-state index is 0.117. The van der Waals surface area contributed by atoms with Gasteiger partial charge >= 0.3 is 0 Å². The highest BCUT2D eigenvalue weighted by molar-refractivity contribution is 7.21. The van der Waals surface area contributed by atoms with Crippen molar-refractivity contribution in [2.24, 2.45) is 0 Å². The second-order valence-corrected chi connectivity index (χ2v) is 7.75. The van der Waals surface area contributed by atoms with Crippen LogP contribution in [0.2, 0.25) is 0 Å². The minimum atomic E-state index is -0.273. The Morgan fingerprint density at radius 3 is 2.75 bits per heavy atom. The highest BCUT2D eigenvalue weighted by atomic mass is 32.1. The molecule has 3 rings (SSSR count). The number of benzene rings is 1. The molecule has 6 heteroatoms. The first kappa shape index (κ1) is 17.1. The normalized spacial score (nSPS) is 12.7. The van der Waals surface area contributed by atoms with Gasteiger partial charge in [-0.3, -0.25) is 4.79 Å². The van der Waals surface area contributed by atoms with Gasteiger partial charge in [-0.15, -0.1) is 11.3 Å². The van der Waals surface area contributed by atoms with E-state index in [4.69, 9.17) is 0 Å². The summed E-state index contributed by atoms with van der Waals surface area (Å²) in [7, 11) is 3.99. The van der Waals surface area contributed by atoms with Gasteiger partial charge in [0.2, 0.25) is 0 Å². The largest absolute Gasteiger partial charge is 0.349 e. The molecule has 0 bridgehead atoms. The van der Waals surface area contributed by atoms with E-state index in [1.807, 2.05) is 25.5 Å². The Morgan fingerprint density at radius 2 is 2.12 bits per heavy atom. The lowest BCUT2D eigenvalue weighted by Crippen LogP contribution is -2.34. The fourth-order valence-electron chi connectivity index (χ4n) is 2.80. The predicted molar refractivity (Wildman–Crippen MR) is 99.6 cm³/mol. The van der Waals surface area contributed by atoms with Gasteiger partial charge in [-0.05, 0) is 61.1 Å². The number of halogens is 1. The van der Waals surface area contributed by atoms with E-state index >= 15 is 0 Å². The zero-order valence-corrected chi connectivity index (χ0v) is 15.4. The summed E-state index contributed by atoms with van der Waals surface area (Å²) in [5, 5.41) is 7.68. The van der Waals surface area contributed by atoms with Crippen LogP contribution >= 0.6 is 22.7 Å². The van der Waals surface area contributed by atoms with E-state index in [1.54, 1.807) is 24.3 Å². The van der Waals surface area contributed by atoms with Crippen molar-refractivity contribution in [1.82, 2.24) is 10.2 Å². The summed E-state index contributed by atoms with van der Waals surface area (Å²) >= 11 is 2.98. The van der Waals surface area contributed by atoms with Crippen LogP contribution in [-0.2, 0) is 0 Å². The summed E-state index contributed by atoms with van der Waals surface area (Å²) in [6.07, 6.45) is 0. The highest BCUT2D eigenvalue weighted by Crippen LogP contribution is 2.32. The monoisotopic (exact) mass is 362 g/mol. The third kappa shape index (κ3) is 3.22. The van der Waals surface area contributed by atoms with E-state index in [1.165, 1.54) is 23.0 Å². The Hall–Kier alpha value is -1.76. The van der Waals surface area contributed by atoms with Gasteiger partial charge in [0.05, 0.1) is 10.9 Å². The van der Waals surface area contributed by atoms with Gasteiger partial charge in [0.25, 0.3) is 5.91 Å². The SMILES string of the molecule is Cc1c(C(=O)NCC(c2ccsc2)N(C)C)sc2cccc(F)c12. The molecule has 3 nitrogen and oxygen atoms in total. The number of likely N-dealkylation sites (N-methyl/N-ethyl adjacent to an activating group) is 1. The highest BCUT2D eigenvalue weighted by Gasteiger charge is 2.20. The number of hydrogen-bond acceptors (Lipinski definition) is 4. The summed E-state index contributed by atoms with van der Waals surface area (Å²) in [4.78, 5) is 15.3. The molecule has 3 aromatic rings. The first-order valence-electron chi connectivity index (χ1n) is 7.63. The number of fused-ring (bicyclic) bond motifs is 1. The van der Waals surface area contributed by atoms with Gasteiger partial charge < -0.3 is 10.2 Å². The van der Waals surface area contributed by atoms with E-state index in [9.17, 15) is 9.18 Å². The molecule has 24 heavy (non-hydrogen) atoms. The summed E-state index contributed by atoms with van der Waals surface area (Å²) in [5.41, 5.74) is 1.90. The molecule has 0 aliphatic heterocycles. The molecule has 2 heterocycles. The molecule has 1 aromatic carbocycles. The van der Waals surface area contributed by atoms with Crippen LogP contribution in [-0.4, -0.2) is 31.4 Å². The number of rotatable bonds is 5. The molecule has 126 valence electrons. The average molecular weight is 362 g/mol. The van der Waals surface area contributed by atoms with Crippen LogP contribution in [0.3, 0.4) is 0 Å².